The molecule has 7 heteroatoms. The van der Waals surface area contributed by atoms with Gasteiger partial charge in [-0.1, -0.05) is 12.1 Å². The third-order valence-corrected chi connectivity index (χ3v) is 5.69. The second-order valence-electron chi connectivity index (χ2n) is 7.87. The number of hydrogen-bond acceptors (Lipinski definition) is 5. The molecule has 0 aliphatic carbocycles. The largest absolute Gasteiger partial charge is 0.484 e. The van der Waals surface area contributed by atoms with E-state index in [1.807, 2.05) is 37.3 Å². The minimum absolute atomic E-state index is 0.139. The lowest BCUT2D eigenvalue weighted by atomic mass is 10.1. The van der Waals surface area contributed by atoms with Crippen LogP contribution in [-0.4, -0.2) is 38.8 Å². The molecule has 2 aromatic carbocycles. The predicted octanol–water partition coefficient (Wildman–Crippen LogP) is 1.84. The number of anilines is 1. The highest BCUT2D eigenvalue weighted by Crippen LogP contribution is 2.23. The van der Waals surface area contributed by atoms with Crippen molar-refractivity contribution in [2.24, 2.45) is 0 Å². The summed E-state index contributed by atoms with van der Waals surface area (Å²) < 4.78 is 16.3. The molecule has 1 amide bonds. The van der Waals surface area contributed by atoms with Crippen LogP contribution in [0.25, 0.3) is 11.0 Å². The molecule has 7 nitrogen and oxygen atoms in total. The molecule has 1 aliphatic heterocycles. The smallest absolute Gasteiger partial charge is 0.339 e. The second-order valence-corrected chi connectivity index (χ2v) is 7.87. The van der Waals surface area contributed by atoms with Crippen molar-refractivity contribution in [3.05, 3.63) is 69.6 Å². The van der Waals surface area contributed by atoms with Crippen LogP contribution in [-0.2, 0) is 16.1 Å². The van der Waals surface area contributed by atoms with Crippen LogP contribution in [0, 0.1) is 13.8 Å². The molecule has 31 heavy (non-hydrogen) atoms. The van der Waals surface area contributed by atoms with E-state index >= 15 is 0 Å². The van der Waals surface area contributed by atoms with E-state index in [4.69, 9.17) is 13.9 Å². The number of benzene rings is 2. The van der Waals surface area contributed by atoms with Crippen LogP contribution in [0.15, 0.2) is 51.7 Å². The summed E-state index contributed by atoms with van der Waals surface area (Å²) in [6.45, 7) is 8.11. The molecule has 0 radical (unpaired) electrons. The summed E-state index contributed by atoms with van der Waals surface area (Å²) in [6, 6.07) is 13.1. The molecular formula is C24H27N2O5+. The van der Waals surface area contributed by atoms with E-state index in [2.05, 4.69) is 5.32 Å². The number of carbonyl (C=O) groups excluding carboxylic acids is 1. The van der Waals surface area contributed by atoms with Crippen molar-refractivity contribution in [2.75, 3.05) is 38.2 Å². The van der Waals surface area contributed by atoms with Gasteiger partial charge in [0.2, 0.25) is 0 Å². The Balaban J connectivity index is 1.32. The summed E-state index contributed by atoms with van der Waals surface area (Å²) in [4.78, 5) is 25.7. The Morgan fingerprint density at radius 2 is 1.81 bits per heavy atom. The number of amides is 1. The molecule has 1 saturated heterocycles. The maximum atomic E-state index is 12.3. The van der Waals surface area contributed by atoms with Crippen LogP contribution in [0.5, 0.6) is 5.75 Å². The van der Waals surface area contributed by atoms with Crippen LogP contribution in [0.2, 0.25) is 0 Å². The Morgan fingerprint density at radius 1 is 1.06 bits per heavy atom. The third kappa shape index (κ3) is 5.13. The molecular weight excluding hydrogens is 396 g/mol. The van der Waals surface area contributed by atoms with Gasteiger partial charge in [0.15, 0.2) is 6.61 Å². The summed E-state index contributed by atoms with van der Waals surface area (Å²) in [7, 11) is 0. The van der Waals surface area contributed by atoms with Crippen molar-refractivity contribution in [3.8, 4) is 5.75 Å². The van der Waals surface area contributed by atoms with E-state index in [0.29, 0.717) is 16.9 Å². The maximum absolute atomic E-state index is 12.3. The normalized spacial score (nSPS) is 14.5. The van der Waals surface area contributed by atoms with Crippen LogP contribution in [0.4, 0.5) is 5.69 Å². The van der Waals surface area contributed by atoms with Crippen molar-refractivity contribution in [3.63, 3.8) is 0 Å². The Morgan fingerprint density at radius 3 is 2.55 bits per heavy atom. The van der Waals surface area contributed by atoms with Crippen LogP contribution < -0.4 is 20.6 Å². The van der Waals surface area contributed by atoms with E-state index in [9.17, 15) is 9.59 Å². The minimum atomic E-state index is -0.362. The first-order valence-corrected chi connectivity index (χ1v) is 10.5. The summed E-state index contributed by atoms with van der Waals surface area (Å²) in [6.07, 6.45) is 0. The summed E-state index contributed by atoms with van der Waals surface area (Å²) in [5.41, 5.74) is 3.52. The number of hydrogen-bond donors (Lipinski definition) is 2. The zero-order valence-corrected chi connectivity index (χ0v) is 17.8. The van der Waals surface area contributed by atoms with E-state index in [1.165, 1.54) is 10.5 Å². The lowest BCUT2D eigenvalue weighted by molar-refractivity contribution is -0.921. The molecule has 0 unspecified atom stereocenters. The van der Waals surface area contributed by atoms with Gasteiger partial charge in [0, 0.05) is 28.3 Å². The molecule has 1 aliphatic rings. The number of aryl methyl sites for hydroxylation is 1. The van der Waals surface area contributed by atoms with E-state index in [-0.39, 0.29) is 18.1 Å². The number of nitrogens with one attached hydrogen (secondary N) is 2. The average molecular weight is 423 g/mol. The highest BCUT2D eigenvalue weighted by Gasteiger charge is 2.14. The van der Waals surface area contributed by atoms with Gasteiger partial charge in [0.25, 0.3) is 5.91 Å². The Kier molecular flexibility index (Phi) is 6.34. The zero-order valence-electron chi connectivity index (χ0n) is 17.8. The monoisotopic (exact) mass is 423 g/mol. The van der Waals surface area contributed by atoms with Gasteiger partial charge in [-0.3, -0.25) is 4.79 Å². The first-order chi connectivity index (χ1) is 15.0. The molecule has 0 atom stereocenters. The fourth-order valence-corrected chi connectivity index (χ4v) is 3.70. The number of fused-ring (bicyclic) bond motifs is 1. The van der Waals surface area contributed by atoms with Gasteiger partial charge in [-0.2, -0.15) is 0 Å². The minimum Gasteiger partial charge on any atom is -0.484 e. The predicted molar refractivity (Wildman–Crippen MR) is 118 cm³/mol. The van der Waals surface area contributed by atoms with E-state index in [1.54, 1.807) is 19.1 Å². The Labute approximate surface area is 180 Å². The molecule has 1 aromatic heterocycles. The average Bonchev–Trinajstić information content (AvgIpc) is 2.78. The van der Waals surface area contributed by atoms with Crippen molar-refractivity contribution in [1.82, 2.24) is 0 Å². The number of quaternary nitrogens is 1. The fraction of sp³-hybridized carbons (Fsp3) is 0.333. The zero-order chi connectivity index (χ0) is 21.8. The quantitative estimate of drug-likeness (QED) is 0.592. The van der Waals surface area contributed by atoms with Crippen LogP contribution in [0.3, 0.4) is 0 Å². The van der Waals surface area contributed by atoms with Gasteiger partial charge in [-0.25, -0.2) is 4.79 Å². The number of rotatable bonds is 6. The molecule has 4 rings (SSSR count). The lowest BCUT2D eigenvalue weighted by Gasteiger charge is -2.23. The molecule has 2 N–H and O–H groups in total. The summed E-state index contributed by atoms with van der Waals surface area (Å²) in [5, 5.41) is 3.70. The fourth-order valence-electron chi connectivity index (χ4n) is 3.70. The highest BCUT2D eigenvalue weighted by atomic mass is 16.5. The number of carbonyl (C=O) groups is 1. The summed E-state index contributed by atoms with van der Waals surface area (Å²) in [5.74, 6) is 0.214. The second kappa shape index (κ2) is 9.32. The lowest BCUT2D eigenvalue weighted by Crippen LogP contribution is -3.12. The van der Waals surface area contributed by atoms with Crippen molar-refractivity contribution in [1.29, 1.82) is 0 Å². The number of ether oxygens (including phenoxy) is 2. The Hall–Kier alpha value is -3.16. The van der Waals surface area contributed by atoms with Gasteiger partial charge in [0.1, 0.15) is 31.0 Å². The third-order valence-electron chi connectivity index (χ3n) is 5.69. The summed E-state index contributed by atoms with van der Waals surface area (Å²) >= 11 is 0. The van der Waals surface area contributed by atoms with Gasteiger partial charge in [-0.15, -0.1) is 0 Å². The van der Waals surface area contributed by atoms with Crippen molar-refractivity contribution >= 4 is 22.6 Å². The Bertz CT molecular complexity index is 1130. The molecule has 1 fully saturated rings. The maximum Gasteiger partial charge on any atom is 0.339 e. The molecule has 0 bridgehead atoms. The van der Waals surface area contributed by atoms with E-state index in [0.717, 1.165) is 49.5 Å². The molecule has 2 heterocycles. The topological polar surface area (TPSA) is 82.2 Å². The van der Waals surface area contributed by atoms with Crippen LogP contribution >= 0.6 is 0 Å². The van der Waals surface area contributed by atoms with Crippen molar-refractivity contribution < 1.29 is 23.6 Å². The van der Waals surface area contributed by atoms with Crippen LogP contribution in [0.1, 0.15) is 16.7 Å². The van der Waals surface area contributed by atoms with Crippen molar-refractivity contribution in [2.45, 2.75) is 20.4 Å². The SMILES string of the molecule is Cc1c(C)c2ccc(OCC(=O)Nc3ccc(C[NH+]4CCOCC4)cc3)cc2oc1=O. The molecule has 0 spiro atoms. The number of morpholine rings is 1. The highest BCUT2D eigenvalue weighted by molar-refractivity contribution is 5.92. The van der Waals surface area contributed by atoms with Gasteiger partial charge < -0.3 is 24.1 Å². The first kappa shape index (κ1) is 21.1. The standard InChI is InChI=1S/C24H26N2O5/c1-16-17(2)24(28)31-22-13-20(7-8-21(16)22)30-15-23(27)25-19-5-3-18(4-6-19)14-26-9-11-29-12-10-26/h3-8,13H,9-12,14-15H2,1-2H3,(H,25,27)/p+1. The van der Waals surface area contributed by atoms with Gasteiger partial charge in [0.05, 0.1) is 13.2 Å². The molecule has 162 valence electrons. The van der Waals surface area contributed by atoms with Gasteiger partial charge in [-0.05, 0) is 43.7 Å². The van der Waals surface area contributed by atoms with E-state index < -0.39 is 0 Å². The first-order valence-electron chi connectivity index (χ1n) is 10.5. The molecule has 0 saturated carbocycles. The van der Waals surface area contributed by atoms with Gasteiger partial charge >= 0.3 is 5.63 Å². The molecule has 3 aromatic rings.